The number of carbonyl (C=O) groups excluding carboxylic acids is 1. The summed E-state index contributed by atoms with van der Waals surface area (Å²) < 4.78 is 32.3. The van der Waals surface area contributed by atoms with Gasteiger partial charge < -0.3 is 9.73 Å². The van der Waals surface area contributed by atoms with Crippen LogP contribution in [0.25, 0.3) is 21.9 Å². The zero-order valence-corrected chi connectivity index (χ0v) is 19.2. The predicted molar refractivity (Wildman–Crippen MR) is 128 cm³/mol. The van der Waals surface area contributed by atoms with Crippen molar-refractivity contribution in [1.29, 1.82) is 0 Å². The van der Waals surface area contributed by atoms with Crippen molar-refractivity contribution < 1.29 is 17.6 Å². The van der Waals surface area contributed by atoms with Gasteiger partial charge in [0.15, 0.2) is 0 Å². The van der Waals surface area contributed by atoms with Crippen molar-refractivity contribution in [2.24, 2.45) is 0 Å². The van der Waals surface area contributed by atoms with Gasteiger partial charge in [-0.3, -0.25) is 9.10 Å². The number of fused-ring (bicyclic) bond motifs is 3. The third kappa shape index (κ3) is 4.75. The van der Waals surface area contributed by atoms with E-state index in [0.29, 0.717) is 27.9 Å². The molecule has 0 aliphatic rings. The van der Waals surface area contributed by atoms with Gasteiger partial charge in [0, 0.05) is 40.0 Å². The van der Waals surface area contributed by atoms with E-state index in [1.165, 1.54) is 4.31 Å². The standard InChI is InChI=1S/C23H21BrN2O4S/c1-31(28,29)26(20-9-4-3-8-19(20)24)14-6-11-23(27)25-16-12-13-18-17-7-2-5-10-21(17)30-22(18)15-16/h2-5,7-10,12-13,15H,6,11,14H2,1H3,(H,25,27). The lowest BCUT2D eigenvalue weighted by Gasteiger charge is -2.23. The van der Waals surface area contributed by atoms with Crippen LogP contribution >= 0.6 is 15.9 Å². The van der Waals surface area contributed by atoms with Gasteiger partial charge in [-0.2, -0.15) is 0 Å². The maximum absolute atomic E-state index is 12.4. The summed E-state index contributed by atoms with van der Waals surface area (Å²) in [5.74, 6) is -0.184. The van der Waals surface area contributed by atoms with E-state index < -0.39 is 10.0 Å². The van der Waals surface area contributed by atoms with Gasteiger partial charge in [0.05, 0.1) is 11.9 Å². The van der Waals surface area contributed by atoms with Gasteiger partial charge >= 0.3 is 0 Å². The minimum atomic E-state index is -3.48. The molecule has 160 valence electrons. The van der Waals surface area contributed by atoms with Crippen molar-refractivity contribution in [3.05, 3.63) is 71.2 Å². The van der Waals surface area contributed by atoms with Crippen LogP contribution in [0, 0.1) is 0 Å². The second-order valence-electron chi connectivity index (χ2n) is 7.25. The van der Waals surface area contributed by atoms with Gasteiger partial charge in [-0.15, -0.1) is 0 Å². The Bertz CT molecular complexity index is 1360. The van der Waals surface area contributed by atoms with E-state index in [9.17, 15) is 13.2 Å². The quantitative estimate of drug-likeness (QED) is 0.361. The van der Waals surface area contributed by atoms with Crippen molar-refractivity contribution in [2.45, 2.75) is 12.8 Å². The van der Waals surface area contributed by atoms with Crippen molar-refractivity contribution in [1.82, 2.24) is 0 Å². The average Bonchev–Trinajstić information content (AvgIpc) is 3.09. The molecular formula is C23H21BrN2O4S. The van der Waals surface area contributed by atoms with Crippen molar-refractivity contribution >= 4 is 65.2 Å². The molecular weight excluding hydrogens is 480 g/mol. The number of carbonyl (C=O) groups is 1. The third-order valence-corrected chi connectivity index (χ3v) is 6.80. The molecule has 31 heavy (non-hydrogen) atoms. The lowest BCUT2D eigenvalue weighted by Crippen LogP contribution is -2.31. The molecule has 1 N–H and O–H groups in total. The van der Waals surface area contributed by atoms with Crippen LogP contribution < -0.4 is 9.62 Å². The number of furan rings is 1. The molecule has 0 atom stereocenters. The second-order valence-corrected chi connectivity index (χ2v) is 10.0. The van der Waals surface area contributed by atoms with Crippen molar-refractivity contribution in [3.63, 3.8) is 0 Å². The number of rotatable bonds is 7. The molecule has 8 heteroatoms. The molecule has 1 amide bonds. The maximum atomic E-state index is 12.4. The maximum Gasteiger partial charge on any atom is 0.232 e. The first-order chi connectivity index (χ1) is 14.8. The third-order valence-electron chi connectivity index (χ3n) is 4.95. The van der Waals surface area contributed by atoms with E-state index in [0.717, 1.165) is 22.6 Å². The number of halogens is 1. The Hall–Kier alpha value is -2.84. The Kier molecular flexibility index (Phi) is 6.02. The molecule has 0 aliphatic heterocycles. The monoisotopic (exact) mass is 500 g/mol. The number of anilines is 2. The van der Waals surface area contributed by atoms with Crippen LogP contribution in [-0.4, -0.2) is 27.1 Å². The topological polar surface area (TPSA) is 79.6 Å². The lowest BCUT2D eigenvalue weighted by atomic mass is 10.1. The fraction of sp³-hybridized carbons (Fsp3) is 0.174. The van der Waals surface area contributed by atoms with E-state index in [-0.39, 0.29) is 18.9 Å². The first-order valence-corrected chi connectivity index (χ1v) is 12.4. The van der Waals surface area contributed by atoms with Crippen LogP contribution in [-0.2, 0) is 14.8 Å². The molecule has 1 aromatic heterocycles. The van der Waals surface area contributed by atoms with Crippen molar-refractivity contribution in [2.75, 3.05) is 22.4 Å². The molecule has 0 saturated heterocycles. The van der Waals surface area contributed by atoms with E-state index >= 15 is 0 Å². The Labute approximate surface area is 189 Å². The van der Waals surface area contributed by atoms with Gasteiger partial charge in [-0.1, -0.05) is 30.3 Å². The highest BCUT2D eigenvalue weighted by atomic mass is 79.9. The Morgan fingerprint density at radius 3 is 2.48 bits per heavy atom. The fourth-order valence-corrected chi connectivity index (χ4v) is 5.12. The molecule has 0 aliphatic carbocycles. The first kappa shape index (κ1) is 21.4. The van der Waals surface area contributed by atoms with Crippen LogP contribution in [0.15, 0.2) is 75.6 Å². The number of hydrogen-bond donors (Lipinski definition) is 1. The highest BCUT2D eigenvalue weighted by Gasteiger charge is 2.19. The Morgan fingerprint density at radius 1 is 1.00 bits per heavy atom. The minimum absolute atomic E-state index is 0.184. The van der Waals surface area contributed by atoms with Crippen molar-refractivity contribution in [3.8, 4) is 0 Å². The fourth-order valence-electron chi connectivity index (χ4n) is 3.53. The Balaban J connectivity index is 1.41. The zero-order chi connectivity index (χ0) is 22.0. The summed E-state index contributed by atoms with van der Waals surface area (Å²) in [7, 11) is -3.48. The number of nitrogens with one attached hydrogen (secondary N) is 1. The van der Waals surface area contributed by atoms with E-state index in [1.807, 2.05) is 42.5 Å². The molecule has 4 rings (SSSR count). The van der Waals surface area contributed by atoms with Crippen LogP contribution in [0.5, 0.6) is 0 Å². The molecule has 3 aromatic carbocycles. The highest BCUT2D eigenvalue weighted by molar-refractivity contribution is 9.10. The highest BCUT2D eigenvalue weighted by Crippen LogP contribution is 2.30. The normalized spacial score (nSPS) is 11.7. The first-order valence-electron chi connectivity index (χ1n) is 9.76. The Morgan fingerprint density at radius 2 is 1.71 bits per heavy atom. The molecule has 0 fully saturated rings. The zero-order valence-electron chi connectivity index (χ0n) is 16.8. The minimum Gasteiger partial charge on any atom is -0.456 e. The van der Waals surface area contributed by atoms with Gasteiger partial charge in [-0.05, 0) is 52.7 Å². The molecule has 1 heterocycles. The molecule has 0 bridgehead atoms. The van der Waals surface area contributed by atoms with Crippen LogP contribution in [0.4, 0.5) is 11.4 Å². The van der Waals surface area contributed by atoms with E-state index in [1.54, 1.807) is 24.3 Å². The SMILES string of the molecule is CS(=O)(=O)N(CCCC(=O)Nc1ccc2c(c1)oc1ccccc12)c1ccccc1Br. The summed E-state index contributed by atoms with van der Waals surface area (Å²) in [5.41, 5.74) is 2.70. The number of amides is 1. The molecule has 0 spiro atoms. The largest absolute Gasteiger partial charge is 0.456 e. The van der Waals surface area contributed by atoms with Crippen LogP contribution in [0.1, 0.15) is 12.8 Å². The number of para-hydroxylation sites is 2. The predicted octanol–water partition coefficient (Wildman–Crippen LogP) is 5.53. The summed E-state index contributed by atoms with van der Waals surface area (Å²) >= 11 is 3.39. The second kappa shape index (κ2) is 8.72. The smallest absolute Gasteiger partial charge is 0.232 e. The number of nitrogens with zero attached hydrogens (tertiary/aromatic N) is 1. The van der Waals surface area contributed by atoms with Crippen LogP contribution in [0.2, 0.25) is 0 Å². The van der Waals surface area contributed by atoms with E-state index in [4.69, 9.17) is 4.42 Å². The number of hydrogen-bond acceptors (Lipinski definition) is 4. The van der Waals surface area contributed by atoms with Crippen LogP contribution in [0.3, 0.4) is 0 Å². The molecule has 0 unspecified atom stereocenters. The number of benzene rings is 3. The summed E-state index contributed by atoms with van der Waals surface area (Å²) in [6, 6.07) is 20.5. The lowest BCUT2D eigenvalue weighted by molar-refractivity contribution is -0.116. The summed E-state index contributed by atoms with van der Waals surface area (Å²) in [4.78, 5) is 12.4. The molecule has 0 radical (unpaired) electrons. The van der Waals surface area contributed by atoms with E-state index in [2.05, 4.69) is 21.2 Å². The summed E-state index contributed by atoms with van der Waals surface area (Å²) in [6.45, 7) is 0.206. The summed E-state index contributed by atoms with van der Waals surface area (Å²) in [6.07, 6.45) is 1.73. The van der Waals surface area contributed by atoms with Gasteiger partial charge in [0.1, 0.15) is 11.2 Å². The van der Waals surface area contributed by atoms with Gasteiger partial charge in [0.25, 0.3) is 0 Å². The molecule has 4 aromatic rings. The molecule has 6 nitrogen and oxygen atoms in total. The molecule has 0 saturated carbocycles. The summed E-state index contributed by atoms with van der Waals surface area (Å²) in [5, 5.41) is 4.89. The van der Waals surface area contributed by atoms with Gasteiger partial charge in [-0.25, -0.2) is 8.42 Å². The number of sulfonamides is 1. The van der Waals surface area contributed by atoms with Gasteiger partial charge in [0.2, 0.25) is 15.9 Å². The average molecular weight is 501 g/mol.